The van der Waals surface area contributed by atoms with E-state index in [1.54, 1.807) is 21.3 Å². The summed E-state index contributed by atoms with van der Waals surface area (Å²) >= 11 is 1.39. The number of nitrogens with one attached hydrogen (secondary N) is 1. The standard InChI is InChI=1S/C21H27N3O4S/c1-26-17-11-14(12-18(27-2)21(17)28-3)16-9-10-20(24-23-16)29-13-19(25)22-15-7-5-4-6-8-15/h9-12,15H,4-8,13H2,1-3H3,(H,22,25). The number of thioether (sulfide) groups is 1. The van der Waals surface area contributed by atoms with Gasteiger partial charge in [0.25, 0.3) is 0 Å². The Labute approximate surface area is 175 Å². The van der Waals surface area contributed by atoms with E-state index in [4.69, 9.17) is 14.2 Å². The number of rotatable bonds is 8. The summed E-state index contributed by atoms with van der Waals surface area (Å²) in [6, 6.07) is 7.72. The van der Waals surface area contributed by atoms with Crippen LogP contribution in [0.15, 0.2) is 29.3 Å². The van der Waals surface area contributed by atoms with Crippen LogP contribution in [0.25, 0.3) is 11.3 Å². The Hall–Kier alpha value is -2.48. The SMILES string of the molecule is COc1cc(-c2ccc(SCC(=O)NC3CCCCC3)nn2)cc(OC)c1OC. The summed E-state index contributed by atoms with van der Waals surface area (Å²) in [5.41, 5.74) is 1.49. The van der Waals surface area contributed by atoms with Crippen molar-refractivity contribution in [2.75, 3.05) is 27.1 Å². The van der Waals surface area contributed by atoms with Crippen molar-refractivity contribution in [2.24, 2.45) is 0 Å². The van der Waals surface area contributed by atoms with Crippen LogP contribution in [-0.2, 0) is 4.79 Å². The molecular weight excluding hydrogens is 390 g/mol. The first kappa shape index (κ1) is 21.2. The van der Waals surface area contributed by atoms with E-state index >= 15 is 0 Å². The molecule has 1 amide bonds. The molecule has 1 saturated carbocycles. The van der Waals surface area contributed by atoms with Crippen LogP contribution >= 0.6 is 11.8 Å². The first-order valence-electron chi connectivity index (χ1n) is 9.71. The summed E-state index contributed by atoms with van der Waals surface area (Å²) < 4.78 is 16.1. The predicted octanol–water partition coefficient (Wildman–Crippen LogP) is 3.71. The first-order chi connectivity index (χ1) is 14.1. The lowest BCUT2D eigenvalue weighted by Crippen LogP contribution is -2.37. The Bertz CT molecular complexity index is 798. The summed E-state index contributed by atoms with van der Waals surface area (Å²) in [6.45, 7) is 0. The number of amides is 1. The molecule has 0 aliphatic heterocycles. The van der Waals surface area contributed by atoms with Crippen LogP contribution in [0.1, 0.15) is 32.1 Å². The summed E-state index contributed by atoms with van der Waals surface area (Å²) in [5.74, 6) is 2.04. The fraction of sp³-hybridized carbons (Fsp3) is 0.476. The maximum atomic E-state index is 12.2. The number of methoxy groups -OCH3 is 3. The van der Waals surface area contributed by atoms with E-state index in [0.717, 1.165) is 18.4 Å². The highest BCUT2D eigenvalue weighted by atomic mass is 32.2. The quantitative estimate of drug-likeness (QED) is 0.656. The Balaban J connectivity index is 1.63. The van der Waals surface area contributed by atoms with Crippen molar-refractivity contribution in [3.63, 3.8) is 0 Å². The van der Waals surface area contributed by atoms with Crippen LogP contribution in [0.3, 0.4) is 0 Å². The van der Waals surface area contributed by atoms with Crippen LogP contribution < -0.4 is 19.5 Å². The third-order valence-corrected chi connectivity index (χ3v) is 5.84. The highest BCUT2D eigenvalue weighted by molar-refractivity contribution is 7.99. The average molecular weight is 418 g/mol. The molecule has 1 heterocycles. The molecular formula is C21H27N3O4S. The van der Waals surface area contributed by atoms with Crippen LogP contribution in [-0.4, -0.2) is 49.2 Å². The van der Waals surface area contributed by atoms with Gasteiger partial charge in [-0.2, -0.15) is 0 Å². The van der Waals surface area contributed by atoms with Gasteiger partial charge in [0.1, 0.15) is 5.03 Å². The molecule has 1 aromatic carbocycles. The Kier molecular flexibility index (Phi) is 7.57. The molecule has 0 spiro atoms. The number of hydrogen-bond donors (Lipinski definition) is 1. The number of hydrogen-bond acceptors (Lipinski definition) is 7. The lowest BCUT2D eigenvalue weighted by atomic mass is 9.95. The van der Waals surface area contributed by atoms with E-state index in [1.807, 2.05) is 24.3 Å². The van der Waals surface area contributed by atoms with Gasteiger partial charge in [-0.25, -0.2) is 0 Å². The normalized spacial score (nSPS) is 14.3. The van der Waals surface area contributed by atoms with E-state index in [9.17, 15) is 4.79 Å². The Morgan fingerprint density at radius 1 is 1.03 bits per heavy atom. The molecule has 2 aromatic rings. The molecule has 29 heavy (non-hydrogen) atoms. The summed E-state index contributed by atoms with van der Waals surface area (Å²) in [6.07, 6.45) is 5.84. The molecule has 156 valence electrons. The van der Waals surface area contributed by atoms with Crippen molar-refractivity contribution >= 4 is 17.7 Å². The van der Waals surface area contributed by atoms with Crippen molar-refractivity contribution in [2.45, 2.75) is 43.2 Å². The molecule has 1 aliphatic rings. The van der Waals surface area contributed by atoms with Gasteiger partial charge in [-0.05, 0) is 37.1 Å². The van der Waals surface area contributed by atoms with Gasteiger partial charge in [-0.15, -0.1) is 10.2 Å². The summed E-state index contributed by atoms with van der Waals surface area (Å²) in [4.78, 5) is 12.2. The van der Waals surface area contributed by atoms with Crippen LogP contribution in [0.2, 0.25) is 0 Å². The minimum absolute atomic E-state index is 0.0532. The largest absolute Gasteiger partial charge is 0.493 e. The molecule has 3 rings (SSSR count). The third-order valence-electron chi connectivity index (χ3n) is 4.92. The van der Waals surface area contributed by atoms with Gasteiger partial charge in [0.2, 0.25) is 11.7 Å². The van der Waals surface area contributed by atoms with E-state index in [1.165, 1.54) is 31.0 Å². The third kappa shape index (κ3) is 5.53. The molecule has 1 aliphatic carbocycles. The molecule has 1 fully saturated rings. The molecule has 7 nitrogen and oxygen atoms in total. The highest BCUT2D eigenvalue weighted by Gasteiger charge is 2.17. The Morgan fingerprint density at radius 3 is 2.28 bits per heavy atom. The van der Waals surface area contributed by atoms with Crippen molar-refractivity contribution in [3.05, 3.63) is 24.3 Å². The van der Waals surface area contributed by atoms with E-state index < -0.39 is 0 Å². The van der Waals surface area contributed by atoms with Crippen molar-refractivity contribution in [1.82, 2.24) is 15.5 Å². The number of ether oxygens (including phenoxy) is 3. The van der Waals surface area contributed by atoms with Crippen LogP contribution in [0.5, 0.6) is 17.2 Å². The van der Waals surface area contributed by atoms with E-state index in [-0.39, 0.29) is 5.91 Å². The fourth-order valence-electron chi connectivity index (χ4n) is 3.44. The minimum Gasteiger partial charge on any atom is -0.493 e. The van der Waals surface area contributed by atoms with Gasteiger partial charge in [0.05, 0.1) is 32.8 Å². The maximum Gasteiger partial charge on any atom is 0.230 e. The lowest BCUT2D eigenvalue weighted by molar-refractivity contribution is -0.119. The second-order valence-electron chi connectivity index (χ2n) is 6.86. The van der Waals surface area contributed by atoms with Crippen LogP contribution in [0.4, 0.5) is 0 Å². The molecule has 1 N–H and O–H groups in total. The summed E-state index contributed by atoms with van der Waals surface area (Å²) in [7, 11) is 4.71. The molecule has 0 atom stereocenters. The number of nitrogens with zero attached hydrogens (tertiary/aromatic N) is 2. The van der Waals surface area contributed by atoms with E-state index in [2.05, 4.69) is 15.5 Å². The molecule has 0 radical (unpaired) electrons. The van der Waals surface area contributed by atoms with Crippen molar-refractivity contribution in [3.8, 4) is 28.5 Å². The molecule has 0 unspecified atom stereocenters. The van der Waals surface area contributed by atoms with Gasteiger partial charge in [0, 0.05) is 11.6 Å². The Morgan fingerprint density at radius 2 is 1.72 bits per heavy atom. The monoisotopic (exact) mass is 417 g/mol. The van der Waals surface area contributed by atoms with E-state index in [0.29, 0.717) is 39.8 Å². The number of carbonyl (C=O) groups excluding carboxylic acids is 1. The summed E-state index contributed by atoms with van der Waals surface area (Å²) in [5, 5.41) is 12.4. The maximum absolute atomic E-state index is 12.2. The second kappa shape index (κ2) is 10.3. The van der Waals surface area contributed by atoms with Gasteiger partial charge in [0.15, 0.2) is 11.5 Å². The minimum atomic E-state index is 0.0532. The van der Waals surface area contributed by atoms with Gasteiger partial charge < -0.3 is 19.5 Å². The lowest BCUT2D eigenvalue weighted by Gasteiger charge is -2.22. The fourth-order valence-corrected chi connectivity index (χ4v) is 4.06. The zero-order valence-corrected chi connectivity index (χ0v) is 17.9. The van der Waals surface area contributed by atoms with Gasteiger partial charge in [-0.1, -0.05) is 31.0 Å². The van der Waals surface area contributed by atoms with Crippen LogP contribution in [0, 0.1) is 0 Å². The number of carbonyl (C=O) groups is 1. The van der Waals surface area contributed by atoms with Crippen molar-refractivity contribution < 1.29 is 19.0 Å². The van der Waals surface area contributed by atoms with Gasteiger partial charge >= 0.3 is 0 Å². The zero-order valence-electron chi connectivity index (χ0n) is 17.1. The smallest absolute Gasteiger partial charge is 0.230 e. The molecule has 0 bridgehead atoms. The highest BCUT2D eigenvalue weighted by Crippen LogP contribution is 2.40. The first-order valence-corrected chi connectivity index (χ1v) is 10.7. The molecule has 8 heteroatoms. The molecule has 0 saturated heterocycles. The number of aromatic nitrogens is 2. The second-order valence-corrected chi connectivity index (χ2v) is 7.86. The zero-order chi connectivity index (χ0) is 20.6. The topological polar surface area (TPSA) is 82.6 Å². The van der Waals surface area contributed by atoms with Crippen molar-refractivity contribution in [1.29, 1.82) is 0 Å². The predicted molar refractivity (Wildman–Crippen MR) is 113 cm³/mol. The number of benzene rings is 1. The average Bonchev–Trinajstić information content (AvgIpc) is 2.77. The molecule has 1 aromatic heterocycles. The van der Waals surface area contributed by atoms with Gasteiger partial charge in [-0.3, -0.25) is 4.79 Å².